The lowest BCUT2D eigenvalue weighted by atomic mass is 10.1. The first kappa shape index (κ1) is 16.0. The number of hydrogen-bond donors (Lipinski definition) is 1. The van der Waals surface area contributed by atoms with Crippen LogP contribution in [0.25, 0.3) is 0 Å². The van der Waals surface area contributed by atoms with Gasteiger partial charge in [0.1, 0.15) is 0 Å². The van der Waals surface area contributed by atoms with Crippen LogP contribution in [0.5, 0.6) is 5.88 Å². The molecule has 2 heterocycles. The Labute approximate surface area is 131 Å². The molecule has 0 aromatic carbocycles. The predicted octanol–water partition coefficient (Wildman–Crippen LogP) is 4.00. The van der Waals surface area contributed by atoms with Gasteiger partial charge in [0.05, 0.1) is 6.61 Å². The van der Waals surface area contributed by atoms with Crippen molar-refractivity contribution in [2.75, 3.05) is 13.2 Å². The van der Waals surface area contributed by atoms with Crippen LogP contribution in [-0.4, -0.2) is 18.1 Å². The van der Waals surface area contributed by atoms with Gasteiger partial charge in [0.25, 0.3) is 0 Å². The van der Waals surface area contributed by atoms with Crippen LogP contribution in [0.1, 0.15) is 42.8 Å². The first-order valence-electron chi connectivity index (χ1n) is 7.55. The fourth-order valence-corrected chi connectivity index (χ4v) is 2.72. The highest BCUT2D eigenvalue weighted by atomic mass is 32.1. The Morgan fingerprint density at radius 2 is 2.19 bits per heavy atom. The Morgan fingerprint density at radius 1 is 1.33 bits per heavy atom. The third-order valence-corrected chi connectivity index (χ3v) is 4.17. The number of aromatic nitrogens is 1. The van der Waals surface area contributed by atoms with Crippen molar-refractivity contribution < 1.29 is 4.74 Å². The third-order valence-electron chi connectivity index (χ3n) is 3.23. The Kier molecular flexibility index (Phi) is 6.21. The molecule has 0 bridgehead atoms. The van der Waals surface area contributed by atoms with Crippen molar-refractivity contribution in [3.63, 3.8) is 0 Å². The zero-order valence-electron chi connectivity index (χ0n) is 13.1. The second-order valence-corrected chi connectivity index (χ2v) is 6.38. The molecule has 0 radical (unpaired) electrons. The molecule has 2 aromatic heterocycles. The molecule has 0 aliphatic rings. The molecule has 0 aliphatic heterocycles. The van der Waals surface area contributed by atoms with Crippen molar-refractivity contribution in [1.82, 2.24) is 10.3 Å². The fraction of sp³-hybridized carbons (Fsp3) is 0.471. The van der Waals surface area contributed by atoms with Crippen molar-refractivity contribution in [2.24, 2.45) is 0 Å². The van der Waals surface area contributed by atoms with Crippen molar-refractivity contribution >= 4 is 11.3 Å². The van der Waals surface area contributed by atoms with Crippen LogP contribution in [-0.2, 0) is 13.0 Å². The Hall–Kier alpha value is -1.39. The summed E-state index contributed by atoms with van der Waals surface area (Å²) in [6.07, 6.45) is 0.938. The fourth-order valence-electron chi connectivity index (χ4n) is 2.03. The molecule has 0 atom stereocenters. The standard InChI is InChI=1S/C17H24N2OS/c1-4-18-12-14-10-16(13(2)3)19-17(11-14)20-8-7-15-6-5-9-21-15/h5-6,9-11,13,18H,4,7-8,12H2,1-3H3. The van der Waals surface area contributed by atoms with E-state index in [1.54, 1.807) is 11.3 Å². The first-order valence-corrected chi connectivity index (χ1v) is 8.43. The number of ether oxygens (including phenoxy) is 1. The molecular weight excluding hydrogens is 280 g/mol. The van der Waals surface area contributed by atoms with Crippen LogP contribution in [0.4, 0.5) is 0 Å². The highest BCUT2D eigenvalue weighted by Gasteiger charge is 2.07. The lowest BCUT2D eigenvalue weighted by molar-refractivity contribution is 0.308. The van der Waals surface area contributed by atoms with Crippen LogP contribution >= 0.6 is 11.3 Å². The molecule has 2 aromatic rings. The summed E-state index contributed by atoms with van der Waals surface area (Å²) in [5.74, 6) is 1.15. The SMILES string of the molecule is CCNCc1cc(OCCc2cccs2)nc(C(C)C)c1. The van der Waals surface area contributed by atoms with Gasteiger partial charge in [-0.25, -0.2) is 4.98 Å². The summed E-state index contributed by atoms with van der Waals surface area (Å²) in [6.45, 7) is 8.94. The van der Waals surface area contributed by atoms with Gasteiger partial charge in [-0.3, -0.25) is 0 Å². The zero-order chi connectivity index (χ0) is 15.1. The van der Waals surface area contributed by atoms with E-state index in [0.29, 0.717) is 12.5 Å². The van der Waals surface area contributed by atoms with Crippen LogP contribution in [0.3, 0.4) is 0 Å². The number of rotatable bonds is 8. The number of hydrogen-bond acceptors (Lipinski definition) is 4. The molecule has 114 valence electrons. The molecule has 0 saturated carbocycles. The van der Waals surface area contributed by atoms with Gasteiger partial charge in [0, 0.05) is 29.6 Å². The molecule has 21 heavy (non-hydrogen) atoms. The maximum absolute atomic E-state index is 5.86. The molecule has 1 N–H and O–H groups in total. The first-order chi connectivity index (χ1) is 10.2. The van der Waals surface area contributed by atoms with E-state index >= 15 is 0 Å². The number of nitrogens with one attached hydrogen (secondary N) is 1. The van der Waals surface area contributed by atoms with Gasteiger partial charge in [-0.2, -0.15) is 0 Å². The van der Waals surface area contributed by atoms with Gasteiger partial charge in [-0.15, -0.1) is 11.3 Å². The largest absolute Gasteiger partial charge is 0.477 e. The van der Waals surface area contributed by atoms with E-state index in [9.17, 15) is 0 Å². The van der Waals surface area contributed by atoms with E-state index in [4.69, 9.17) is 4.74 Å². The highest BCUT2D eigenvalue weighted by Crippen LogP contribution is 2.19. The smallest absolute Gasteiger partial charge is 0.213 e. The molecule has 0 amide bonds. The number of thiophene rings is 1. The Morgan fingerprint density at radius 3 is 2.86 bits per heavy atom. The van der Waals surface area contributed by atoms with Crippen LogP contribution in [0.2, 0.25) is 0 Å². The molecule has 0 spiro atoms. The lowest BCUT2D eigenvalue weighted by Gasteiger charge is -2.12. The molecule has 3 nitrogen and oxygen atoms in total. The summed E-state index contributed by atoms with van der Waals surface area (Å²) in [4.78, 5) is 5.96. The van der Waals surface area contributed by atoms with Gasteiger partial charge in [-0.05, 0) is 35.5 Å². The minimum Gasteiger partial charge on any atom is -0.477 e. The highest BCUT2D eigenvalue weighted by molar-refractivity contribution is 7.09. The van der Waals surface area contributed by atoms with E-state index in [1.807, 2.05) is 6.07 Å². The van der Waals surface area contributed by atoms with Crippen LogP contribution in [0, 0.1) is 0 Å². The molecule has 0 fully saturated rings. The van der Waals surface area contributed by atoms with Crippen LogP contribution in [0.15, 0.2) is 29.6 Å². The molecule has 0 aliphatic carbocycles. The van der Waals surface area contributed by atoms with Crippen molar-refractivity contribution in [1.29, 1.82) is 0 Å². The quantitative estimate of drug-likeness (QED) is 0.800. The Balaban J connectivity index is 2.00. The van der Waals surface area contributed by atoms with Crippen molar-refractivity contribution in [3.8, 4) is 5.88 Å². The van der Waals surface area contributed by atoms with Gasteiger partial charge in [-0.1, -0.05) is 26.8 Å². The average molecular weight is 304 g/mol. The predicted molar refractivity (Wildman–Crippen MR) is 89.2 cm³/mol. The molecular formula is C17H24N2OS. The van der Waals surface area contributed by atoms with Crippen LogP contribution < -0.4 is 10.1 Å². The van der Waals surface area contributed by atoms with E-state index < -0.39 is 0 Å². The number of pyridine rings is 1. The van der Waals surface area contributed by atoms with Gasteiger partial charge in [0.2, 0.25) is 5.88 Å². The topological polar surface area (TPSA) is 34.1 Å². The minimum atomic E-state index is 0.409. The maximum atomic E-state index is 5.86. The lowest BCUT2D eigenvalue weighted by Crippen LogP contribution is -2.13. The molecule has 0 saturated heterocycles. The molecule has 4 heteroatoms. The Bertz CT molecular complexity index is 538. The summed E-state index contributed by atoms with van der Waals surface area (Å²) in [5.41, 5.74) is 2.33. The minimum absolute atomic E-state index is 0.409. The maximum Gasteiger partial charge on any atom is 0.213 e. The summed E-state index contributed by atoms with van der Waals surface area (Å²) in [5, 5.41) is 5.45. The number of nitrogens with zero attached hydrogens (tertiary/aromatic N) is 1. The average Bonchev–Trinajstić information content (AvgIpc) is 2.98. The van der Waals surface area contributed by atoms with E-state index in [0.717, 1.165) is 31.1 Å². The van der Waals surface area contributed by atoms with Gasteiger partial charge < -0.3 is 10.1 Å². The third kappa shape index (κ3) is 5.14. The summed E-state index contributed by atoms with van der Waals surface area (Å²) < 4.78 is 5.86. The van der Waals surface area contributed by atoms with E-state index in [2.05, 4.69) is 54.7 Å². The molecule has 0 unspecified atom stereocenters. The molecule has 2 rings (SSSR count). The second kappa shape index (κ2) is 8.15. The van der Waals surface area contributed by atoms with E-state index in [-0.39, 0.29) is 0 Å². The summed E-state index contributed by atoms with van der Waals surface area (Å²) in [7, 11) is 0. The van der Waals surface area contributed by atoms with Crippen molar-refractivity contribution in [2.45, 2.75) is 39.7 Å². The zero-order valence-corrected chi connectivity index (χ0v) is 13.9. The summed E-state index contributed by atoms with van der Waals surface area (Å²) >= 11 is 1.77. The van der Waals surface area contributed by atoms with Gasteiger partial charge in [0.15, 0.2) is 0 Å². The van der Waals surface area contributed by atoms with Gasteiger partial charge >= 0.3 is 0 Å². The van der Waals surface area contributed by atoms with E-state index in [1.165, 1.54) is 10.4 Å². The summed E-state index contributed by atoms with van der Waals surface area (Å²) in [6, 6.07) is 8.43. The second-order valence-electron chi connectivity index (χ2n) is 5.35. The normalized spacial score (nSPS) is 11.0. The van der Waals surface area contributed by atoms with Crippen molar-refractivity contribution in [3.05, 3.63) is 45.8 Å². The monoisotopic (exact) mass is 304 g/mol.